The van der Waals surface area contributed by atoms with Gasteiger partial charge in [-0.05, 0) is 36.1 Å². The number of rotatable bonds is 2. The number of fused-ring (bicyclic) bond motifs is 1. The lowest BCUT2D eigenvalue weighted by molar-refractivity contribution is -0.143. The third-order valence-corrected chi connectivity index (χ3v) is 3.19. The summed E-state index contributed by atoms with van der Waals surface area (Å²) < 4.78 is 5.13. The fourth-order valence-corrected chi connectivity index (χ4v) is 2.10. The number of ether oxygens (including phenoxy) is 1. The molecule has 0 aliphatic heterocycles. The minimum Gasteiger partial charge on any atom is -0.497 e. The fraction of sp³-hybridized carbons (Fsp3) is 0.417. The average molecular weight is 221 g/mol. The van der Waals surface area contributed by atoms with E-state index in [-0.39, 0.29) is 0 Å². The van der Waals surface area contributed by atoms with Crippen LogP contribution in [0, 0.1) is 0 Å². The first-order valence-corrected chi connectivity index (χ1v) is 5.23. The molecule has 1 aromatic rings. The first-order valence-electron chi connectivity index (χ1n) is 5.23. The average Bonchev–Trinajstić information content (AvgIpc) is 2.28. The van der Waals surface area contributed by atoms with E-state index in [2.05, 4.69) is 0 Å². The summed E-state index contributed by atoms with van der Waals surface area (Å²) in [6.07, 6.45) is 1.56. The molecule has 2 rings (SSSR count). The normalized spacial score (nSPS) is 23.6. The molecule has 1 aliphatic rings. The standard InChI is InChI=1S/C12H15NO3/c1-16-10-3-2-9-7-12(13,11(14)15)5-4-8(9)6-10/h2-3,6H,4-5,7,13H2,1H3,(H,14,15)/t12-/m1/s1. The van der Waals surface area contributed by atoms with E-state index in [4.69, 9.17) is 15.6 Å². The molecule has 86 valence electrons. The summed E-state index contributed by atoms with van der Waals surface area (Å²) in [6, 6.07) is 5.70. The quantitative estimate of drug-likeness (QED) is 0.780. The van der Waals surface area contributed by atoms with Gasteiger partial charge in [0.1, 0.15) is 11.3 Å². The van der Waals surface area contributed by atoms with Gasteiger partial charge in [-0.2, -0.15) is 0 Å². The number of methoxy groups -OCH3 is 1. The van der Waals surface area contributed by atoms with Gasteiger partial charge in [-0.15, -0.1) is 0 Å². The van der Waals surface area contributed by atoms with Crippen LogP contribution in [0.25, 0.3) is 0 Å². The summed E-state index contributed by atoms with van der Waals surface area (Å²) in [5.41, 5.74) is 6.90. The van der Waals surface area contributed by atoms with Crippen molar-refractivity contribution in [3.63, 3.8) is 0 Å². The molecule has 0 saturated heterocycles. The van der Waals surface area contributed by atoms with E-state index in [0.717, 1.165) is 16.9 Å². The highest BCUT2D eigenvalue weighted by Gasteiger charge is 2.37. The second-order valence-electron chi connectivity index (χ2n) is 4.27. The molecule has 0 spiro atoms. The lowest BCUT2D eigenvalue weighted by atomic mass is 9.78. The van der Waals surface area contributed by atoms with Gasteiger partial charge in [-0.25, -0.2) is 0 Å². The Hall–Kier alpha value is -1.55. The number of carboxylic acid groups (broad SMARTS) is 1. The molecule has 0 radical (unpaired) electrons. The second-order valence-corrected chi connectivity index (χ2v) is 4.27. The number of benzene rings is 1. The number of nitrogens with two attached hydrogens (primary N) is 1. The van der Waals surface area contributed by atoms with Crippen molar-refractivity contribution < 1.29 is 14.6 Å². The molecule has 0 fully saturated rings. The van der Waals surface area contributed by atoms with Crippen LogP contribution < -0.4 is 10.5 Å². The lowest BCUT2D eigenvalue weighted by Crippen LogP contribution is -2.52. The van der Waals surface area contributed by atoms with Crippen molar-refractivity contribution in [3.05, 3.63) is 29.3 Å². The van der Waals surface area contributed by atoms with Gasteiger partial charge in [-0.3, -0.25) is 4.79 Å². The van der Waals surface area contributed by atoms with E-state index >= 15 is 0 Å². The molecule has 0 bridgehead atoms. The van der Waals surface area contributed by atoms with Gasteiger partial charge in [0.15, 0.2) is 0 Å². The van der Waals surface area contributed by atoms with Crippen LogP contribution in [-0.4, -0.2) is 23.7 Å². The molecule has 0 aromatic heterocycles. The van der Waals surface area contributed by atoms with Crippen molar-refractivity contribution >= 4 is 5.97 Å². The number of hydrogen-bond acceptors (Lipinski definition) is 3. The molecule has 0 saturated carbocycles. The number of hydrogen-bond donors (Lipinski definition) is 2. The maximum Gasteiger partial charge on any atom is 0.324 e. The minimum absolute atomic E-state index is 0.391. The summed E-state index contributed by atoms with van der Waals surface area (Å²) >= 11 is 0. The molecule has 4 heteroatoms. The van der Waals surface area contributed by atoms with Gasteiger partial charge in [0, 0.05) is 6.42 Å². The Labute approximate surface area is 94.0 Å². The van der Waals surface area contributed by atoms with Crippen molar-refractivity contribution in [1.29, 1.82) is 0 Å². The number of aliphatic carboxylic acids is 1. The molecule has 16 heavy (non-hydrogen) atoms. The van der Waals surface area contributed by atoms with Crippen molar-refractivity contribution in [2.24, 2.45) is 5.73 Å². The Bertz CT molecular complexity index is 430. The molecular formula is C12H15NO3. The zero-order valence-corrected chi connectivity index (χ0v) is 9.19. The minimum atomic E-state index is -1.11. The van der Waals surface area contributed by atoms with E-state index < -0.39 is 11.5 Å². The predicted molar refractivity (Wildman–Crippen MR) is 59.6 cm³/mol. The molecule has 3 N–H and O–H groups in total. The molecule has 4 nitrogen and oxygen atoms in total. The van der Waals surface area contributed by atoms with Crippen LogP contribution in [0.1, 0.15) is 17.5 Å². The Morgan fingerprint density at radius 1 is 1.50 bits per heavy atom. The smallest absolute Gasteiger partial charge is 0.324 e. The lowest BCUT2D eigenvalue weighted by Gasteiger charge is -2.30. The molecule has 1 atom stereocenters. The number of aryl methyl sites for hydroxylation is 1. The summed E-state index contributed by atoms with van der Waals surface area (Å²) in [4.78, 5) is 11.1. The van der Waals surface area contributed by atoms with Gasteiger partial charge in [0.25, 0.3) is 0 Å². The molecule has 0 amide bonds. The van der Waals surface area contributed by atoms with Gasteiger partial charge < -0.3 is 15.6 Å². The van der Waals surface area contributed by atoms with Crippen LogP contribution in [0.5, 0.6) is 5.75 Å². The summed E-state index contributed by atoms with van der Waals surface area (Å²) in [5, 5.41) is 9.07. The molecule has 0 heterocycles. The van der Waals surface area contributed by atoms with E-state index in [1.165, 1.54) is 0 Å². The maximum absolute atomic E-state index is 11.1. The second kappa shape index (κ2) is 3.79. The molecule has 1 aliphatic carbocycles. The first kappa shape index (κ1) is 11.0. The summed E-state index contributed by atoms with van der Waals surface area (Å²) in [6.45, 7) is 0. The van der Waals surface area contributed by atoms with Gasteiger partial charge in [-0.1, -0.05) is 6.07 Å². The van der Waals surface area contributed by atoms with Crippen molar-refractivity contribution in [1.82, 2.24) is 0 Å². The zero-order chi connectivity index (χ0) is 11.8. The maximum atomic E-state index is 11.1. The molecular weight excluding hydrogens is 206 g/mol. The van der Waals surface area contributed by atoms with E-state index in [9.17, 15) is 4.79 Å². The highest BCUT2D eigenvalue weighted by Crippen LogP contribution is 2.29. The van der Waals surface area contributed by atoms with Crippen LogP contribution in [0.2, 0.25) is 0 Å². The molecule has 1 aromatic carbocycles. The Balaban J connectivity index is 2.32. The molecule has 0 unspecified atom stereocenters. The summed E-state index contributed by atoms with van der Waals surface area (Å²) in [7, 11) is 1.62. The van der Waals surface area contributed by atoms with Crippen LogP contribution in [0.3, 0.4) is 0 Å². The zero-order valence-electron chi connectivity index (χ0n) is 9.19. The first-order chi connectivity index (χ1) is 7.55. The third-order valence-electron chi connectivity index (χ3n) is 3.19. The number of carboxylic acids is 1. The Kier molecular flexibility index (Phi) is 2.59. The predicted octanol–water partition coefficient (Wildman–Crippen LogP) is 0.966. The van der Waals surface area contributed by atoms with Crippen LogP contribution in [0.15, 0.2) is 18.2 Å². The topological polar surface area (TPSA) is 72.5 Å². The van der Waals surface area contributed by atoms with Crippen LogP contribution in [-0.2, 0) is 17.6 Å². The van der Waals surface area contributed by atoms with Gasteiger partial charge >= 0.3 is 5.97 Å². The third kappa shape index (κ3) is 1.76. The van der Waals surface area contributed by atoms with Crippen LogP contribution >= 0.6 is 0 Å². The Morgan fingerprint density at radius 3 is 2.88 bits per heavy atom. The SMILES string of the molecule is COc1ccc2c(c1)CC[C@](N)(C(=O)O)C2. The monoisotopic (exact) mass is 221 g/mol. The van der Waals surface area contributed by atoms with Gasteiger partial charge in [0.05, 0.1) is 7.11 Å². The van der Waals surface area contributed by atoms with Crippen molar-refractivity contribution in [2.45, 2.75) is 24.8 Å². The Morgan fingerprint density at radius 2 is 2.25 bits per heavy atom. The van der Waals surface area contributed by atoms with Crippen molar-refractivity contribution in [3.8, 4) is 5.75 Å². The van der Waals surface area contributed by atoms with Crippen molar-refractivity contribution in [2.75, 3.05) is 7.11 Å². The number of carbonyl (C=O) groups is 1. The van der Waals surface area contributed by atoms with Gasteiger partial charge in [0.2, 0.25) is 0 Å². The van der Waals surface area contributed by atoms with E-state index in [1.807, 2.05) is 18.2 Å². The van der Waals surface area contributed by atoms with E-state index in [0.29, 0.717) is 19.3 Å². The fourth-order valence-electron chi connectivity index (χ4n) is 2.10. The highest BCUT2D eigenvalue weighted by molar-refractivity contribution is 5.79. The summed E-state index contributed by atoms with van der Waals surface area (Å²) in [5.74, 6) is -0.118. The van der Waals surface area contributed by atoms with Crippen LogP contribution in [0.4, 0.5) is 0 Å². The van der Waals surface area contributed by atoms with E-state index in [1.54, 1.807) is 7.11 Å². The largest absolute Gasteiger partial charge is 0.497 e. The highest BCUT2D eigenvalue weighted by atomic mass is 16.5.